The molecule has 0 amide bonds. The highest BCUT2D eigenvalue weighted by molar-refractivity contribution is 4.76. The Morgan fingerprint density at radius 3 is 1.08 bits per heavy atom. The second kappa shape index (κ2) is 4.70. The van der Waals surface area contributed by atoms with Gasteiger partial charge < -0.3 is 0 Å². The van der Waals surface area contributed by atoms with E-state index in [1.165, 1.54) is 0 Å². The van der Waals surface area contributed by atoms with E-state index in [1.807, 2.05) is 21.1 Å². The third kappa shape index (κ3) is 2.37. The second-order valence-electron chi connectivity index (χ2n) is 2.67. The van der Waals surface area contributed by atoms with Crippen molar-refractivity contribution >= 4 is 0 Å². The van der Waals surface area contributed by atoms with Gasteiger partial charge in [-0.25, -0.2) is 0 Å². The van der Waals surface area contributed by atoms with Crippen LogP contribution >= 0.6 is 0 Å². The minimum atomic E-state index is 0.112. The van der Waals surface area contributed by atoms with Crippen molar-refractivity contribution < 1.29 is 0 Å². The van der Waals surface area contributed by atoms with E-state index in [9.17, 15) is 0 Å². The van der Waals surface area contributed by atoms with E-state index >= 15 is 0 Å². The first-order chi connectivity index (χ1) is 5.80. The Kier molecular flexibility index (Phi) is 3.86. The van der Waals surface area contributed by atoms with E-state index in [0.29, 0.717) is 0 Å². The molecule has 0 unspecified atom stereocenters. The van der Waals surface area contributed by atoms with Crippen LogP contribution in [0.15, 0.2) is 0 Å². The van der Waals surface area contributed by atoms with Crippen molar-refractivity contribution in [1.82, 2.24) is 31.9 Å². The van der Waals surface area contributed by atoms with Gasteiger partial charge in [0.2, 0.25) is 0 Å². The maximum Gasteiger partial charge on any atom is 0.116 e. The molecule has 0 bridgehead atoms. The summed E-state index contributed by atoms with van der Waals surface area (Å²) in [5.74, 6) is 0. The van der Waals surface area contributed by atoms with Gasteiger partial charge in [0.05, 0.1) is 0 Å². The highest BCUT2D eigenvalue weighted by atomic mass is 15.5. The van der Waals surface area contributed by atoms with E-state index < -0.39 is 0 Å². The zero-order valence-electron chi connectivity index (χ0n) is 7.73. The summed E-state index contributed by atoms with van der Waals surface area (Å²) in [7, 11) is 5.69. The molecule has 1 saturated heterocycles. The molecule has 1 fully saturated rings. The fourth-order valence-electron chi connectivity index (χ4n) is 1.14. The Balaban J connectivity index is 2.41. The molecule has 0 aliphatic carbocycles. The van der Waals surface area contributed by atoms with Gasteiger partial charge in [-0.05, 0) is 21.1 Å². The van der Waals surface area contributed by atoms with Crippen molar-refractivity contribution in [1.29, 1.82) is 0 Å². The van der Waals surface area contributed by atoms with E-state index in [-0.39, 0.29) is 18.9 Å². The van der Waals surface area contributed by atoms with Crippen LogP contribution in [0.3, 0.4) is 0 Å². The average molecular weight is 174 g/mol. The molecule has 1 rings (SSSR count). The number of nitrogens with one attached hydrogen (secondary N) is 6. The molecule has 0 aromatic heterocycles. The zero-order valence-corrected chi connectivity index (χ0v) is 7.73. The molecular formula is C6H18N6. The fraction of sp³-hybridized carbons (Fsp3) is 1.00. The Hall–Kier alpha value is -0.240. The molecule has 72 valence electrons. The predicted molar refractivity (Wildman–Crippen MR) is 48.0 cm³/mol. The van der Waals surface area contributed by atoms with Gasteiger partial charge in [-0.15, -0.1) is 0 Å². The Morgan fingerprint density at radius 2 is 0.917 bits per heavy atom. The topological polar surface area (TPSA) is 72.2 Å². The van der Waals surface area contributed by atoms with Gasteiger partial charge in [0, 0.05) is 0 Å². The summed E-state index contributed by atoms with van der Waals surface area (Å²) in [6, 6.07) is 0. The van der Waals surface area contributed by atoms with Crippen LogP contribution in [0.5, 0.6) is 0 Å². The van der Waals surface area contributed by atoms with E-state index in [0.717, 1.165) is 0 Å². The van der Waals surface area contributed by atoms with Gasteiger partial charge in [-0.1, -0.05) is 0 Å². The molecule has 6 N–H and O–H groups in total. The molecule has 6 heteroatoms. The molecule has 1 aliphatic heterocycles. The fourth-order valence-corrected chi connectivity index (χ4v) is 1.14. The van der Waals surface area contributed by atoms with Gasteiger partial charge in [0.15, 0.2) is 0 Å². The van der Waals surface area contributed by atoms with Crippen LogP contribution in [0.4, 0.5) is 0 Å². The summed E-state index contributed by atoms with van der Waals surface area (Å²) >= 11 is 0. The first-order valence-electron chi connectivity index (χ1n) is 4.10. The van der Waals surface area contributed by atoms with Crippen LogP contribution in [-0.4, -0.2) is 40.0 Å². The molecule has 0 saturated carbocycles. The van der Waals surface area contributed by atoms with E-state index in [2.05, 4.69) is 31.9 Å². The van der Waals surface area contributed by atoms with Crippen molar-refractivity contribution in [3.05, 3.63) is 0 Å². The Morgan fingerprint density at radius 1 is 0.667 bits per heavy atom. The summed E-state index contributed by atoms with van der Waals surface area (Å²) in [5, 5.41) is 19.0. The maximum absolute atomic E-state index is 3.23. The summed E-state index contributed by atoms with van der Waals surface area (Å²) in [6.07, 6.45) is 0.337. The van der Waals surface area contributed by atoms with Crippen LogP contribution in [0.1, 0.15) is 0 Å². The Labute approximate surface area is 72.9 Å². The van der Waals surface area contributed by atoms with Gasteiger partial charge in [0.1, 0.15) is 18.9 Å². The lowest BCUT2D eigenvalue weighted by atomic mass is 10.5. The van der Waals surface area contributed by atoms with Crippen LogP contribution in [-0.2, 0) is 0 Å². The normalized spacial score (nSPS) is 36.8. The lowest BCUT2D eigenvalue weighted by molar-refractivity contribution is 0.149. The SMILES string of the molecule is CNC1NC(NC)NC(NC)N1. The highest BCUT2D eigenvalue weighted by Crippen LogP contribution is 1.85. The van der Waals surface area contributed by atoms with Crippen molar-refractivity contribution in [2.24, 2.45) is 0 Å². The van der Waals surface area contributed by atoms with Crippen molar-refractivity contribution in [2.45, 2.75) is 18.9 Å². The monoisotopic (exact) mass is 174 g/mol. The van der Waals surface area contributed by atoms with Gasteiger partial charge >= 0.3 is 0 Å². The van der Waals surface area contributed by atoms with Crippen LogP contribution in [0.2, 0.25) is 0 Å². The standard InChI is InChI=1S/C6H18N6/c1-7-4-10-5(8-2)12-6(9-3)11-4/h4-12H,1-3H3. The zero-order chi connectivity index (χ0) is 8.97. The second-order valence-corrected chi connectivity index (χ2v) is 2.67. The minimum Gasteiger partial charge on any atom is -0.293 e. The van der Waals surface area contributed by atoms with Crippen molar-refractivity contribution in [3.8, 4) is 0 Å². The largest absolute Gasteiger partial charge is 0.293 e. The van der Waals surface area contributed by atoms with Crippen LogP contribution < -0.4 is 31.9 Å². The molecule has 0 radical (unpaired) electrons. The average Bonchev–Trinajstić information content (AvgIpc) is 2.16. The predicted octanol–water partition coefficient (Wildman–Crippen LogP) is -2.72. The van der Waals surface area contributed by atoms with Gasteiger partial charge in [0.25, 0.3) is 0 Å². The summed E-state index contributed by atoms with van der Waals surface area (Å²) in [4.78, 5) is 0. The lowest BCUT2D eigenvalue weighted by Crippen LogP contribution is -2.76. The van der Waals surface area contributed by atoms with Crippen LogP contribution in [0.25, 0.3) is 0 Å². The summed E-state index contributed by atoms with van der Waals surface area (Å²) < 4.78 is 0. The Bertz CT molecular complexity index is 99.4. The van der Waals surface area contributed by atoms with Gasteiger partial charge in [-0.3, -0.25) is 31.9 Å². The minimum absolute atomic E-state index is 0.112. The molecule has 6 nitrogen and oxygen atoms in total. The van der Waals surface area contributed by atoms with Gasteiger partial charge in [-0.2, -0.15) is 0 Å². The van der Waals surface area contributed by atoms with Crippen molar-refractivity contribution in [3.63, 3.8) is 0 Å². The molecule has 1 aliphatic rings. The third-order valence-corrected chi connectivity index (χ3v) is 1.87. The molecule has 0 atom stereocenters. The quantitative estimate of drug-likeness (QED) is 0.279. The molecule has 1 heterocycles. The first-order valence-corrected chi connectivity index (χ1v) is 4.10. The van der Waals surface area contributed by atoms with Crippen LogP contribution in [0, 0.1) is 0 Å². The smallest absolute Gasteiger partial charge is 0.116 e. The molecular weight excluding hydrogens is 156 g/mol. The summed E-state index contributed by atoms with van der Waals surface area (Å²) in [5.41, 5.74) is 0. The summed E-state index contributed by atoms with van der Waals surface area (Å²) in [6.45, 7) is 0. The number of hydrogen-bond acceptors (Lipinski definition) is 6. The maximum atomic E-state index is 3.23. The molecule has 0 aromatic carbocycles. The molecule has 0 spiro atoms. The van der Waals surface area contributed by atoms with E-state index in [1.54, 1.807) is 0 Å². The highest BCUT2D eigenvalue weighted by Gasteiger charge is 2.22. The molecule has 12 heavy (non-hydrogen) atoms. The van der Waals surface area contributed by atoms with E-state index in [4.69, 9.17) is 0 Å². The number of rotatable bonds is 3. The third-order valence-electron chi connectivity index (χ3n) is 1.87. The lowest BCUT2D eigenvalue weighted by Gasteiger charge is -2.38. The first kappa shape index (κ1) is 9.85. The molecule has 0 aromatic rings. The van der Waals surface area contributed by atoms with Crippen molar-refractivity contribution in [2.75, 3.05) is 21.1 Å². The number of hydrogen-bond donors (Lipinski definition) is 6.